The predicted octanol–water partition coefficient (Wildman–Crippen LogP) is 2.39. The number of hydrogen-bond donors (Lipinski definition) is 1. The molecule has 29 heavy (non-hydrogen) atoms. The highest BCUT2D eigenvalue weighted by atomic mass is 32.3. The van der Waals surface area contributed by atoms with Gasteiger partial charge >= 0.3 is 16.4 Å². The Labute approximate surface area is 171 Å². The third kappa shape index (κ3) is 3.79. The largest absolute Gasteiger partial charge is 0.455 e. The molecule has 0 saturated carbocycles. The van der Waals surface area contributed by atoms with E-state index in [4.69, 9.17) is 9.08 Å². The fraction of sp³-hybridized carbons (Fsp3) is 0.688. The van der Waals surface area contributed by atoms with Crippen LogP contribution in [0.3, 0.4) is 0 Å². The van der Waals surface area contributed by atoms with Crippen LogP contribution in [-0.4, -0.2) is 59.3 Å². The molecule has 1 aromatic rings. The summed E-state index contributed by atoms with van der Waals surface area (Å²) in [7, 11) is -5.29. The van der Waals surface area contributed by atoms with Crippen LogP contribution in [0.2, 0.25) is 18.1 Å². The third-order valence-corrected chi connectivity index (χ3v) is 10.3. The first kappa shape index (κ1) is 21.7. The minimum absolute atomic E-state index is 0.0459. The van der Waals surface area contributed by atoms with Crippen molar-refractivity contribution in [2.75, 3.05) is 6.54 Å². The number of carbonyl (C=O) groups excluding carboxylic acids is 1. The lowest BCUT2D eigenvalue weighted by Gasteiger charge is -2.35. The number of hydrogen-bond acceptors (Lipinski definition) is 7. The minimum atomic E-state index is -4.86. The van der Waals surface area contributed by atoms with Crippen molar-refractivity contribution in [1.29, 1.82) is 0 Å². The molecule has 3 heterocycles. The number of amides is 2. The normalized spacial score (nSPS) is 22.9. The van der Waals surface area contributed by atoms with Gasteiger partial charge in [0.1, 0.15) is 12.1 Å². The number of carbonyl (C=O) groups is 1. The van der Waals surface area contributed by atoms with E-state index in [1.807, 2.05) is 0 Å². The Morgan fingerprint density at radius 2 is 2.00 bits per heavy atom. The Hall–Kier alpha value is -1.96. The summed E-state index contributed by atoms with van der Waals surface area (Å²) in [6.07, 6.45) is 1.56. The van der Waals surface area contributed by atoms with Crippen molar-refractivity contribution >= 4 is 30.5 Å². The van der Waals surface area contributed by atoms with Crippen molar-refractivity contribution in [3.63, 3.8) is 0 Å². The lowest BCUT2D eigenvalue weighted by atomic mass is 9.95. The average molecular weight is 446 g/mol. The Bertz CT molecular complexity index is 967. The van der Waals surface area contributed by atoms with Gasteiger partial charge in [0.15, 0.2) is 0 Å². The minimum Gasteiger partial charge on any atom is -0.455 e. The molecule has 2 aliphatic heterocycles. The number of aromatic nitrogens is 2. The van der Waals surface area contributed by atoms with E-state index in [1.165, 1.54) is 4.90 Å². The van der Waals surface area contributed by atoms with E-state index < -0.39 is 36.8 Å². The van der Waals surface area contributed by atoms with E-state index in [2.05, 4.69) is 48.4 Å². The van der Waals surface area contributed by atoms with Crippen LogP contribution in [-0.2, 0) is 26.3 Å². The van der Waals surface area contributed by atoms with E-state index in [0.717, 1.165) is 0 Å². The number of urea groups is 1. The molecular formula is C16H27N5O6SSi. The van der Waals surface area contributed by atoms with E-state index >= 15 is 0 Å². The first-order chi connectivity index (χ1) is 13.1. The molecule has 0 aliphatic carbocycles. The molecule has 1 fully saturated rings. The van der Waals surface area contributed by atoms with Crippen LogP contribution in [0.15, 0.2) is 11.4 Å². The van der Waals surface area contributed by atoms with E-state index in [0.29, 0.717) is 22.0 Å². The van der Waals surface area contributed by atoms with Crippen LogP contribution in [0.1, 0.15) is 51.0 Å². The highest BCUT2D eigenvalue weighted by Gasteiger charge is 2.52. The lowest BCUT2D eigenvalue weighted by molar-refractivity contribution is -0.0316. The fourth-order valence-corrected chi connectivity index (χ4v) is 4.24. The Morgan fingerprint density at radius 3 is 2.55 bits per heavy atom. The molecule has 2 aliphatic rings. The topological polar surface area (TPSA) is 127 Å². The van der Waals surface area contributed by atoms with Gasteiger partial charge in [-0.3, -0.25) is 9.23 Å². The number of oxime groups is 1. The number of nitrogens with zero attached hydrogens (tertiary/aromatic N) is 5. The van der Waals surface area contributed by atoms with Crippen LogP contribution in [0, 0.1) is 0 Å². The predicted molar refractivity (Wildman–Crippen MR) is 107 cm³/mol. The summed E-state index contributed by atoms with van der Waals surface area (Å²) < 4.78 is 43.6. The van der Waals surface area contributed by atoms with Crippen molar-refractivity contribution in [1.82, 2.24) is 19.7 Å². The summed E-state index contributed by atoms with van der Waals surface area (Å²) >= 11 is 0. The molecular weight excluding hydrogens is 418 g/mol. The smallest absolute Gasteiger partial charge is 0.418 e. The zero-order chi connectivity index (χ0) is 21.9. The molecule has 2 bridgehead atoms. The number of aryl methyl sites for hydroxylation is 1. The van der Waals surface area contributed by atoms with Crippen LogP contribution in [0.4, 0.5) is 4.79 Å². The summed E-state index contributed by atoms with van der Waals surface area (Å²) in [6, 6.07) is -1.99. The maximum atomic E-state index is 12.9. The fourth-order valence-electron chi connectivity index (χ4n) is 3.22. The molecule has 11 nitrogen and oxygen atoms in total. The Morgan fingerprint density at radius 1 is 1.38 bits per heavy atom. The van der Waals surface area contributed by atoms with Crippen LogP contribution in [0.5, 0.6) is 0 Å². The van der Waals surface area contributed by atoms with Gasteiger partial charge in [-0.25, -0.2) is 4.79 Å². The molecule has 2 atom stereocenters. The average Bonchev–Trinajstić information content (AvgIpc) is 3.06. The number of hydroxylamine groups is 2. The van der Waals surface area contributed by atoms with E-state index in [1.54, 1.807) is 24.9 Å². The van der Waals surface area contributed by atoms with Gasteiger partial charge in [-0.05, 0) is 25.1 Å². The van der Waals surface area contributed by atoms with Crippen molar-refractivity contribution in [3.8, 4) is 0 Å². The number of rotatable bonds is 5. The van der Waals surface area contributed by atoms with Gasteiger partial charge in [0.05, 0.1) is 24.1 Å². The van der Waals surface area contributed by atoms with Gasteiger partial charge in [-0.1, -0.05) is 20.8 Å². The van der Waals surface area contributed by atoms with Crippen molar-refractivity contribution in [3.05, 3.63) is 17.5 Å². The zero-order valence-corrected chi connectivity index (χ0v) is 19.4. The number of fused-ring (bicyclic) bond motifs is 4. The standard InChI is InChI=1S/C16H27N5O6SSi/c1-10(18-26-29(6,7)16(2,3)4)13-14-11(8-17-19(14)5)12-9-20(13)15(22)21(12)27-28(23,24)25/h8,12-13H,9H2,1-7H3,(H,23,24,25)/b18-10+. The SMILES string of the molecule is C/C(=N\O[Si](C)(C)C(C)(C)C)C1c2c(cnn2C)C2CN1C(=O)N2OS(=O)(=O)O. The molecule has 162 valence electrons. The second-order valence-corrected chi connectivity index (χ2v) is 14.6. The molecule has 2 amide bonds. The third-order valence-electron chi connectivity index (χ3n) is 5.83. The summed E-state index contributed by atoms with van der Waals surface area (Å²) in [6.45, 7) is 12.4. The van der Waals surface area contributed by atoms with Crippen molar-refractivity contribution < 1.29 is 26.6 Å². The molecule has 2 unspecified atom stereocenters. The molecule has 1 saturated heterocycles. The van der Waals surface area contributed by atoms with Gasteiger partial charge < -0.3 is 9.43 Å². The van der Waals surface area contributed by atoms with Gasteiger partial charge in [-0.2, -0.15) is 18.6 Å². The Kier molecular flexibility index (Phi) is 5.09. The maximum absolute atomic E-state index is 12.9. The van der Waals surface area contributed by atoms with Gasteiger partial charge in [0.2, 0.25) is 0 Å². The van der Waals surface area contributed by atoms with Gasteiger partial charge in [0, 0.05) is 12.6 Å². The second-order valence-electron chi connectivity index (χ2n) is 8.87. The zero-order valence-electron chi connectivity index (χ0n) is 17.6. The first-order valence-electron chi connectivity index (χ1n) is 9.15. The molecule has 0 spiro atoms. The summed E-state index contributed by atoms with van der Waals surface area (Å²) in [5.41, 5.74) is 1.86. The van der Waals surface area contributed by atoms with Crippen LogP contribution in [0.25, 0.3) is 0 Å². The van der Waals surface area contributed by atoms with Crippen LogP contribution < -0.4 is 0 Å². The van der Waals surface area contributed by atoms with Crippen molar-refractivity contribution in [2.45, 2.75) is 57.9 Å². The maximum Gasteiger partial charge on any atom is 0.418 e. The lowest BCUT2D eigenvalue weighted by Crippen LogP contribution is -2.41. The highest BCUT2D eigenvalue weighted by Crippen LogP contribution is 2.45. The monoisotopic (exact) mass is 445 g/mol. The Balaban J connectivity index is 2.00. The molecule has 0 aromatic carbocycles. The molecule has 3 rings (SSSR count). The molecule has 0 radical (unpaired) electrons. The van der Waals surface area contributed by atoms with Crippen molar-refractivity contribution in [2.24, 2.45) is 12.2 Å². The molecule has 1 aromatic heterocycles. The quantitative estimate of drug-likeness (QED) is 0.319. The second kappa shape index (κ2) is 6.79. The van der Waals surface area contributed by atoms with Crippen LogP contribution >= 0.6 is 0 Å². The molecule has 13 heteroatoms. The first-order valence-corrected chi connectivity index (χ1v) is 13.4. The highest BCUT2D eigenvalue weighted by molar-refractivity contribution is 7.80. The van der Waals surface area contributed by atoms with E-state index in [-0.39, 0.29) is 11.6 Å². The van der Waals surface area contributed by atoms with Gasteiger partial charge in [0.25, 0.3) is 8.32 Å². The molecule has 1 N–H and O–H groups in total. The summed E-state index contributed by atoms with van der Waals surface area (Å²) in [5, 5.41) is 9.24. The summed E-state index contributed by atoms with van der Waals surface area (Å²) in [5.74, 6) is 0. The van der Waals surface area contributed by atoms with E-state index in [9.17, 15) is 13.2 Å². The van der Waals surface area contributed by atoms with Gasteiger partial charge in [-0.15, -0.1) is 9.44 Å². The summed E-state index contributed by atoms with van der Waals surface area (Å²) in [4.78, 5) is 14.3.